The number of hydrogen-bond donors (Lipinski definition) is 3. The van der Waals surface area contributed by atoms with E-state index >= 15 is 0 Å². The maximum absolute atomic E-state index is 9.72. The van der Waals surface area contributed by atoms with E-state index in [1.165, 1.54) is 0 Å². The van der Waals surface area contributed by atoms with Crippen LogP contribution in [0.5, 0.6) is 11.5 Å². The molecule has 0 saturated carbocycles. The summed E-state index contributed by atoms with van der Waals surface area (Å²) in [6, 6.07) is 14.3. The fraction of sp³-hybridized carbons (Fsp3) is 0.250. The van der Waals surface area contributed by atoms with Gasteiger partial charge in [0.1, 0.15) is 11.5 Å². The number of rotatable bonds is 5. The lowest BCUT2D eigenvalue weighted by Crippen LogP contribution is -2.35. The van der Waals surface area contributed by atoms with Gasteiger partial charge >= 0.3 is 0 Å². The zero-order chi connectivity index (χ0) is 14.6. The van der Waals surface area contributed by atoms with Gasteiger partial charge in [-0.1, -0.05) is 12.1 Å². The van der Waals surface area contributed by atoms with E-state index in [1.54, 1.807) is 31.4 Å². The van der Waals surface area contributed by atoms with Crippen molar-refractivity contribution in [2.45, 2.75) is 12.5 Å². The average molecular weight is 273 g/mol. The summed E-state index contributed by atoms with van der Waals surface area (Å²) in [6.07, 6.45) is 0. The van der Waals surface area contributed by atoms with Crippen molar-refractivity contribution in [2.24, 2.45) is 0 Å². The number of nitrogens with one attached hydrogen (secondary N) is 1. The van der Waals surface area contributed by atoms with Crippen molar-refractivity contribution in [1.82, 2.24) is 0 Å². The highest BCUT2D eigenvalue weighted by Gasteiger charge is 2.25. The summed E-state index contributed by atoms with van der Waals surface area (Å²) in [4.78, 5) is 0. The Morgan fingerprint density at radius 1 is 1.05 bits per heavy atom. The highest BCUT2D eigenvalue weighted by molar-refractivity contribution is 5.50. The molecule has 2 aromatic rings. The topological polar surface area (TPSA) is 61.7 Å². The van der Waals surface area contributed by atoms with Gasteiger partial charge in [-0.05, 0) is 48.9 Å². The molecule has 0 saturated heterocycles. The number of hydrogen-bond acceptors (Lipinski definition) is 4. The quantitative estimate of drug-likeness (QED) is 0.784. The van der Waals surface area contributed by atoms with E-state index in [0.717, 1.165) is 17.0 Å². The second-order valence-electron chi connectivity index (χ2n) is 4.89. The van der Waals surface area contributed by atoms with Gasteiger partial charge in [-0.15, -0.1) is 0 Å². The Balaban J connectivity index is 2.23. The fourth-order valence-electron chi connectivity index (χ4n) is 2.03. The number of aromatic hydroxyl groups is 1. The van der Waals surface area contributed by atoms with Crippen molar-refractivity contribution in [3.05, 3.63) is 54.1 Å². The van der Waals surface area contributed by atoms with Gasteiger partial charge < -0.3 is 20.3 Å². The Kier molecular flexibility index (Phi) is 4.15. The predicted octanol–water partition coefficient (Wildman–Crippen LogP) is 2.72. The van der Waals surface area contributed by atoms with Gasteiger partial charge in [0.15, 0.2) is 0 Å². The Hall–Kier alpha value is -2.20. The molecule has 0 bridgehead atoms. The molecule has 2 aromatic carbocycles. The summed E-state index contributed by atoms with van der Waals surface area (Å²) in [5, 5.41) is 22.4. The summed E-state index contributed by atoms with van der Waals surface area (Å²) in [7, 11) is 1.62. The standard InChI is InChI=1S/C16H19NO3/c1-16(11-18,12-3-7-14(19)8-4-12)17-13-5-9-15(20-2)10-6-13/h3-10,17-19H,11H2,1-2H3. The molecule has 0 aliphatic carbocycles. The van der Waals surface area contributed by atoms with E-state index in [2.05, 4.69) is 5.32 Å². The predicted molar refractivity (Wildman–Crippen MR) is 79.2 cm³/mol. The minimum Gasteiger partial charge on any atom is -0.508 e. The number of benzene rings is 2. The van der Waals surface area contributed by atoms with Gasteiger partial charge in [-0.3, -0.25) is 0 Å². The van der Waals surface area contributed by atoms with Crippen molar-refractivity contribution in [3.8, 4) is 11.5 Å². The number of ether oxygens (including phenoxy) is 1. The number of aliphatic hydroxyl groups is 1. The molecule has 4 nitrogen and oxygen atoms in total. The normalized spacial score (nSPS) is 13.6. The molecular formula is C16H19NO3. The van der Waals surface area contributed by atoms with E-state index in [0.29, 0.717) is 0 Å². The van der Waals surface area contributed by atoms with Gasteiger partial charge in [-0.2, -0.15) is 0 Å². The van der Waals surface area contributed by atoms with Crippen LogP contribution in [0.4, 0.5) is 5.69 Å². The molecule has 1 atom stereocenters. The lowest BCUT2D eigenvalue weighted by Gasteiger charge is -2.30. The molecule has 106 valence electrons. The molecule has 0 aliphatic heterocycles. The highest BCUT2D eigenvalue weighted by Crippen LogP contribution is 2.28. The molecule has 0 heterocycles. The van der Waals surface area contributed by atoms with Crippen LogP contribution < -0.4 is 10.1 Å². The van der Waals surface area contributed by atoms with Crippen LogP contribution in [0.15, 0.2) is 48.5 Å². The van der Waals surface area contributed by atoms with Crippen LogP contribution in [-0.4, -0.2) is 23.9 Å². The van der Waals surface area contributed by atoms with Crippen LogP contribution in [0.2, 0.25) is 0 Å². The van der Waals surface area contributed by atoms with Crippen LogP contribution in [0.3, 0.4) is 0 Å². The highest BCUT2D eigenvalue weighted by atomic mass is 16.5. The summed E-state index contributed by atoms with van der Waals surface area (Å²) in [6.45, 7) is 1.84. The molecule has 0 amide bonds. The Morgan fingerprint density at radius 2 is 1.65 bits per heavy atom. The molecular weight excluding hydrogens is 254 g/mol. The molecule has 2 rings (SSSR count). The van der Waals surface area contributed by atoms with E-state index in [9.17, 15) is 10.2 Å². The van der Waals surface area contributed by atoms with Crippen molar-refractivity contribution in [3.63, 3.8) is 0 Å². The molecule has 0 aliphatic rings. The minimum atomic E-state index is -0.623. The Bertz CT molecular complexity index is 551. The molecule has 0 radical (unpaired) electrons. The Morgan fingerprint density at radius 3 is 2.15 bits per heavy atom. The molecule has 4 heteroatoms. The second-order valence-corrected chi connectivity index (χ2v) is 4.89. The third-order valence-corrected chi connectivity index (χ3v) is 3.33. The lowest BCUT2D eigenvalue weighted by molar-refractivity contribution is 0.224. The number of phenolic OH excluding ortho intramolecular Hbond substituents is 1. The molecule has 0 spiro atoms. The van der Waals surface area contributed by atoms with E-state index in [4.69, 9.17) is 4.74 Å². The van der Waals surface area contributed by atoms with Gasteiger partial charge in [0.05, 0.1) is 19.3 Å². The van der Waals surface area contributed by atoms with Crippen molar-refractivity contribution in [2.75, 3.05) is 19.0 Å². The van der Waals surface area contributed by atoms with Crippen LogP contribution >= 0.6 is 0 Å². The third kappa shape index (κ3) is 3.03. The van der Waals surface area contributed by atoms with E-state index in [1.807, 2.05) is 31.2 Å². The average Bonchev–Trinajstić information content (AvgIpc) is 2.48. The van der Waals surface area contributed by atoms with Crippen LogP contribution in [-0.2, 0) is 5.54 Å². The minimum absolute atomic E-state index is 0.0657. The molecule has 0 fully saturated rings. The van der Waals surface area contributed by atoms with Gasteiger partial charge in [0, 0.05) is 5.69 Å². The number of aliphatic hydroxyl groups excluding tert-OH is 1. The van der Waals surface area contributed by atoms with Crippen LogP contribution in [0, 0.1) is 0 Å². The summed E-state index contributed by atoms with van der Waals surface area (Å²) in [5.74, 6) is 0.990. The number of phenols is 1. The molecule has 0 aromatic heterocycles. The summed E-state index contributed by atoms with van der Waals surface area (Å²) >= 11 is 0. The Labute approximate surface area is 118 Å². The molecule has 1 unspecified atom stereocenters. The van der Waals surface area contributed by atoms with Crippen LogP contribution in [0.25, 0.3) is 0 Å². The zero-order valence-electron chi connectivity index (χ0n) is 11.6. The van der Waals surface area contributed by atoms with Gasteiger partial charge in [0.25, 0.3) is 0 Å². The van der Waals surface area contributed by atoms with Crippen molar-refractivity contribution >= 4 is 5.69 Å². The maximum Gasteiger partial charge on any atom is 0.119 e. The van der Waals surface area contributed by atoms with E-state index < -0.39 is 5.54 Å². The first-order valence-electron chi connectivity index (χ1n) is 6.40. The largest absolute Gasteiger partial charge is 0.508 e. The zero-order valence-corrected chi connectivity index (χ0v) is 11.6. The number of methoxy groups -OCH3 is 1. The summed E-state index contributed by atoms with van der Waals surface area (Å²) in [5.41, 5.74) is 1.16. The first-order valence-corrected chi connectivity index (χ1v) is 6.40. The third-order valence-electron chi connectivity index (χ3n) is 3.33. The first-order chi connectivity index (χ1) is 9.57. The lowest BCUT2D eigenvalue weighted by atomic mass is 9.92. The SMILES string of the molecule is COc1ccc(NC(C)(CO)c2ccc(O)cc2)cc1. The fourth-order valence-corrected chi connectivity index (χ4v) is 2.03. The van der Waals surface area contributed by atoms with Gasteiger partial charge in [0.2, 0.25) is 0 Å². The number of anilines is 1. The van der Waals surface area contributed by atoms with Crippen molar-refractivity contribution in [1.29, 1.82) is 0 Å². The molecule has 20 heavy (non-hydrogen) atoms. The smallest absolute Gasteiger partial charge is 0.119 e. The summed E-state index contributed by atoms with van der Waals surface area (Å²) < 4.78 is 5.12. The second kappa shape index (κ2) is 5.84. The van der Waals surface area contributed by atoms with Crippen molar-refractivity contribution < 1.29 is 14.9 Å². The monoisotopic (exact) mass is 273 g/mol. The maximum atomic E-state index is 9.72. The van der Waals surface area contributed by atoms with Gasteiger partial charge in [-0.25, -0.2) is 0 Å². The first kappa shape index (κ1) is 14.2. The van der Waals surface area contributed by atoms with E-state index in [-0.39, 0.29) is 12.4 Å². The molecule has 3 N–H and O–H groups in total. The van der Waals surface area contributed by atoms with Crippen LogP contribution in [0.1, 0.15) is 12.5 Å².